The highest BCUT2D eigenvalue weighted by atomic mass is 16.2. The van der Waals surface area contributed by atoms with E-state index in [9.17, 15) is 9.59 Å². The molecule has 8 nitrogen and oxygen atoms in total. The van der Waals surface area contributed by atoms with Gasteiger partial charge in [0.05, 0.1) is 12.6 Å². The van der Waals surface area contributed by atoms with Gasteiger partial charge in [-0.25, -0.2) is 9.67 Å². The summed E-state index contributed by atoms with van der Waals surface area (Å²) in [6, 6.07) is 8.03. The van der Waals surface area contributed by atoms with Crippen LogP contribution >= 0.6 is 0 Å². The molecule has 2 amide bonds. The molecule has 0 atom stereocenters. The molecule has 0 fully saturated rings. The highest BCUT2D eigenvalue weighted by Crippen LogP contribution is 2.25. The first-order valence-electron chi connectivity index (χ1n) is 10.8. The second-order valence-electron chi connectivity index (χ2n) is 8.35. The van der Waals surface area contributed by atoms with Gasteiger partial charge in [-0.15, -0.1) is 0 Å². The van der Waals surface area contributed by atoms with Crippen LogP contribution in [0, 0.1) is 13.8 Å². The lowest BCUT2D eigenvalue weighted by Gasteiger charge is -2.13. The second kappa shape index (κ2) is 8.82. The molecule has 166 valence electrons. The zero-order valence-corrected chi connectivity index (χ0v) is 18.8. The van der Waals surface area contributed by atoms with E-state index in [1.807, 2.05) is 55.2 Å². The summed E-state index contributed by atoms with van der Waals surface area (Å²) in [6.45, 7) is 8.15. The maximum Gasteiger partial charge on any atom is 0.242 e. The fourth-order valence-electron chi connectivity index (χ4n) is 4.07. The molecular weight excluding hydrogens is 404 g/mol. The maximum absolute atomic E-state index is 12.3. The molecule has 0 radical (unpaired) electrons. The van der Waals surface area contributed by atoms with Crippen LogP contribution in [-0.4, -0.2) is 31.6 Å². The zero-order valence-electron chi connectivity index (χ0n) is 18.8. The van der Waals surface area contributed by atoms with Crippen LogP contribution < -0.4 is 10.9 Å². The molecule has 0 saturated carbocycles. The molecule has 8 heteroatoms. The molecule has 0 spiro atoms. The smallest absolute Gasteiger partial charge is 0.242 e. The number of rotatable bonds is 6. The van der Waals surface area contributed by atoms with Gasteiger partial charge >= 0.3 is 0 Å². The fraction of sp³-hybridized carbons (Fsp3) is 0.333. The van der Waals surface area contributed by atoms with Crippen molar-refractivity contribution in [1.82, 2.24) is 30.6 Å². The minimum absolute atomic E-state index is 0.183. The number of para-hydroxylation sites is 1. The van der Waals surface area contributed by atoms with E-state index in [1.165, 1.54) is 0 Å². The van der Waals surface area contributed by atoms with Crippen LogP contribution in [0.2, 0.25) is 0 Å². The number of carbonyl (C=O) groups is 2. The predicted molar refractivity (Wildman–Crippen MR) is 124 cm³/mol. The average Bonchev–Trinajstić information content (AvgIpc) is 3.37. The number of H-pyrrole nitrogens is 1. The van der Waals surface area contributed by atoms with Crippen LogP contribution in [0.25, 0.3) is 21.9 Å². The van der Waals surface area contributed by atoms with Crippen molar-refractivity contribution in [2.45, 2.75) is 53.0 Å². The van der Waals surface area contributed by atoms with E-state index in [2.05, 4.69) is 34.8 Å². The number of nitrogens with zero attached hydrogens (tertiary/aromatic N) is 3. The molecule has 3 heterocycles. The van der Waals surface area contributed by atoms with Crippen LogP contribution in [0.1, 0.15) is 48.7 Å². The number of benzene rings is 1. The number of carbonyl (C=O) groups excluding carboxylic acids is 2. The third-order valence-electron chi connectivity index (χ3n) is 5.79. The molecule has 0 aliphatic carbocycles. The van der Waals surface area contributed by atoms with E-state index >= 15 is 0 Å². The van der Waals surface area contributed by atoms with E-state index in [0.717, 1.165) is 44.3 Å². The summed E-state index contributed by atoms with van der Waals surface area (Å²) >= 11 is 0. The number of aryl methyl sites for hydroxylation is 2. The Balaban J connectivity index is 1.35. The number of pyridine rings is 1. The van der Waals surface area contributed by atoms with Gasteiger partial charge in [0.2, 0.25) is 11.8 Å². The van der Waals surface area contributed by atoms with Gasteiger partial charge in [0.25, 0.3) is 0 Å². The zero-order chi connectivity index (χ0) is 22.8. The van der Waals surface area contributed by atoms with Gasteiger partial charge in [0, 0.05) is 40.6 Å². The third-order valence-corrected chi connectivity index (χ3v) is 5.79. The summed E-state index contributed by atoms with van der Waals surface area (Å²) in [5.41, 5.74) is 10.8. The Kier molecular flexibility index (Phi) is 5.94. The average molecular weight is 433 g/mol. The van der Waals surface area contributed by atoms with Crippen molar-refractivity contribution in [1.29, 1.82) is 0 Å². The Labute approximate surface area is 186 Å². The largest absolute Gasteiger partial charge is 0.361 e. The number of amides is 2. The molecule has 4 aromatic rings. The minimum Gasteiger partial charge on any atom is -0.361 e. The molecule has 4 rings (SSSR count). The number of nitrogens with one attached hydrogen (secondary N) is 3. The lowest BCUT2D eigenvalue weighted by Crippen LogP contribution is -2.42. The summed E-state index contributed by atoms with van der Waals surface area (Å²) in [5, 5.41) is 6.47. The highest BCUT2D eigenvalue weighted by Gasteiger charge is 2.16. The number of aromatic amines is 1. The van der Waals surface area contributed by atoms with Crippen molar-refractivity contribution in [3.8, 4) is 0 Å². The topological polar surface area (TPSA) is 105 Å². The van der Waals surface area contributed by atoms with Crippen molar-refractivity contribution in [3.63, 3.8) is 0 Å². The molecule has 0 bridgehead atoms. The van der Waals surface area contributed by atoms with E-state index in [4.69, 9.17) is 4.98 Å². The summed E-state index contributed by atoms with van der Waals surface area (Å²) in [5.74, 6) is -0.506. The van der Waals surface area contributed by atoms with Crippen molar-refractivity contribution >= 4 is 33.8 Å². The molecular formula is C24H28N6O2. The SMILES string of the molecule is Cc1nc2c(cnn2C(C)C)c(C)c1CCC(=O)NNC(=O)Cc1c[nH]c2ccccc12. The number of hydrogen-bond donors (Lipinski definition) is 3. The van der Waals surface area contributed by atoms with E-state index < -0.39 is 0 Å². The molecule has 3 N–H and O–H groups in total. The molecule has 32 heavy (non-hydrogen) atoms. The number of fused-ring (bicyclic) bond motifs is 2. The van der Waals surface area contributed by atoms with Crippen molar-refractivity contribution < 1.29 is 9.59 Å². The summed E-state index contributed by atoms with van der Waals surface area (Å²) in [7, 11) is 0. The molecule has 1 aromatic carbocycles. The van der Waals surface area contributed by atoms with Crippen LogP contribution in [0.3, 0.4) is 0 Å². The standard InChI is InChI=1S/C24H28N6O2/c1-14(2)30-24-20(13-26-30)15(3)18(16(4)27-24)9-10-22(31)28-29-23(32)11-17-12-25-21-8-6-5-7-19(17)21/h5-8,12-14,25H,9-11H2,1-4H3,(H,28,31)(H,29,32). The molecule has 0 aliphatic rings. The molecule has 0 aliphatic heterocycles. The number of aromatic nitrogens is 4. The van der Waals surface area contributed by atoms with Gasteiger partial charge in [-0.05, 0) is 56.9 Å². The van der Waals surface area contributed by atoms with Gasteiger partial charge in [0.15, 0.2) is 5.65 Å². The maximum atomic E-state index is 12.3. The predicted octanol–water partition coefficient (Wildman–Crippen LogP) is 3.43. The van der Waals surface area contributed by atoms with Crippen LogP contribution in [0.4, 0.5) is 0 Å². The van der Waals surface area contributed by atoms with Crippen LogP contribution in [0.5, 0.6) is 0 Å². The van der Waals surface area contributed by atoms with E-state index in [0.29, 0.717) is 6.42 Å². The molecule has 0 unspecified atom stereocenters. The Morgan fingerprint density at radius 2 is 1.84 bits per heavy atom. The summed E-state index contributed by atoms with van der Waals surface area (Å²) < 4.78 is 1.91. The Bertz CT molecular complexity index is 1300. The number of hydrogen-bond acceptors (Lipinski definition) is 4. The Morgan fingerprint density at radius 1 is 1.09 bits per heavy atom. The summed E-state index contributed by atoms with van der Waals surface area (Å²) in [4.78, 5) is 32.5. The van der Waals surface area contributed by atoms with Gasteiger partial charge in [-0.1, -0.05) is 18.2 Å². The first-order chi connectivity index (χ1) is 15.3. The van der Waals surface area contributed by atoms with Crippen LogP contribution in [-0.2, 0) is 22.4 Å². The van der Waals surface area contributed by atoms with Crippen molar-refractivity contribution in [2.24, 2.45) is 0 Å². The third kappa shape index (κ3) is 4.21. The van der Waals surface area contributed by atoms with E-state index in [-0.39, 0.29) is 30.7 Å². The Morgan fingerprint density at radius 3 is 2.62 bits per heavy atom. The van der Waals surface area contributed by atoms with Gasteiger partial charge in [0.1, 0.15) is 0 Å². The molecule has 3 aromatic heterocycles. The van der Waals surface area contributed by atoms with Crippen LogP contribution in [0.15, 0.2) is 36.7 Å². The van der Waals surface area contributed by atoms with Crippen molar-refractivity contribution in [2.75, 3.05) is 0 Å². The summed E-state index contributed by atoms with van der Waals surface area (Å²) in [6.07, 6.45) is 4.63. The fourth-order valence-corrected chi connectivity index (χ4v) is 4.07. The number of hydrazine groups is 1. The second-order valence-corrected chi connectivity index (χ2v) is 8.35. The monoisotopic (exact) mass is 432 g/mol. The van der Waals surface area contributed by atoms with Crippen molar-refractivity contribution in [3.05, 3.63) is 59.0 Å². The lowest BCUT2D eigenvalue weighted by atomic mass is 10.0. The first-order valence-corrected chi connectivity index (χ1v) is 10.8. The van der Waals surface area contributed by atoms with Gasteiger partial charge in [-0.2, -0.15) is 5.10 Å². The lowest BCUT2D eigenvalue weighted by molar-refractivity contribution is -0.128. The van der Waals surface area contributed by atoms with Gasteiger partial charge < -0.3 is 4.98 Å². The minimum atomic E-state index is -0.264. The first kappa shape index (κ1) is 21.5. The molecule has 0 saturated heterocycles. The highest BCUT2D eigenvalue weighted by molar-refractivity contribution is 5.90. The Hall–Kier alpha value is -3.68. The quantitative estimate of drug-likeness (QED) is 0.406. The van der Waals surface area contributed by atoms with E-state index in [1.54, 1.807) is 0 Å². The normalized spacial score (nSPS) is 11.4. The van der Waals surface area contributed by atoms with Gasteiger partial charge in [-0.3, -0.25) is 20.4 Å².